The SMILES string of the molecule is Cc1onc(-c2ccccc2)c1C(=O)N/N=C/c1cc(Br)c(Br)o1. The minimum absolute atomic E-state index is 0.347. The molecule has 0 spiro atoms. The van der Waals surface area contributed by atoms with Gasteiger partial charge >= 0.3 is 0 Å². The van der Waals surface area contributed by atoms with Crippen molar-refractivity contribution in [1.29, 1.82) is 0 Å². The van der Waals surface area contributed by atoms with Gasteiger partial charge in [0.15, 0.2) is 4.67 Å². The number of nitrogens with one attached hydrogen (secondary N) is 1. The predicted molar refractivity (Wildman–Crippen MR) is 95.8 cm³/mol. The number of nitrogens with zero attached hydrogens (tertiary/aromatic N) is 2. The van der Waals surface area contributed by atoms with Gasteiger partial charge in [-0.3, -0.25) is 4.79 Å². The molecule has 3 aromatic rings. The molecule has 0 radical (unpaired) electrons. The van der Waals surface area contributed by atoms with Crippen LogP contribution in [0.2, 0.25) is 0 Å². The quantitative estimate of drug-likeness (QED) is 0.465. The van der Waals surface area contributed by atoms with Crippen LogP contribution in [0.25, 0.3) is 11.3 Å². The largest absolute Gasteiger partial charge is 0.447 e. The number of carbonyl (C=O) groups is 1. The number of rotatable bonds is 4. The van der Waals surface area contributed by atoms with Crippen LogP contribution >= 0.6 is 31.9 Å². The third-order valence-electron chi connectivity index (χ3n) is 3.16. The average Bonchev–Trinajstić information content (AvgIpc) is 3.11. The smallest absolute Gasteiger partial charge is 0.277 e. The lowest BCUT2D eigenvalue weighted by Gasteiger charge is -2.01. The molecule has 122 valence electrons. The Hall–Kier alpha value is -2.19. The van der Waals surface area contributed by atoms with Gasteiger partial charge in [-0.25, -0.2) is 5.43 Å². The molecule has 1 N–H and O–H groups in total. The Bertz CT molecular complexity index is 881. The van der Waals surface area contributed by atoms with E-state index in [0.717, 1.165) is 10.0 Å². The van der Waals surface area contributed by atoms with Crippen molar-refractivity contribution in [3.05, 3.63) is 62.6 Å². The molecule has 0 saturated heterocycles. The van der Waals surface area contributed by atoms with E-state index in [1.807, 2.05) is 30.3 Å². The first kappa shape index (κ1) is 16.7. The van der Waals surface area contributed by atoms with Crippen LogP contribution in [0.15, 0.2) is 59.6 Å². The topological polar surface area (TPSA) is 80.6 Å². The maximum absolute atomic E-state index is 12.4. The first-order valence-corrected chi connectivity index (χ1v) is 8.45. The van der Waals surface area contributed by atoms with E-state index >= 15 is 0 Å². The maximum Gasteiger partial charge on any atom is 0.277 e. The van der Waals surface area contributed by atoms with Crippen molar-refractivity contribution in [1.82, 2.24) is 10.6 Å². The van der Waals surface area contributed by atoms with Crippen LogP contribution in [-0.4, -0.2) is 17.3 Å². The number of aromatic nitrogens is 1. The van der Waals surface area contributed by atoms with E-state index in [4.69, 9.17) is 8.94 Å². The molecular formula is C16H11Br2N3O3. The van der Waals surface area contributed by atoms with E-state index in [1.165, 1.54) is 6.21 Å². The van der Waals surface area contributed by atoms with Gasteiger partial charge in [0.25, 0.3) is 5.91 Å². The molecule has 1 aromatic carbocycles. The number of furan rings is 1. The van der Waals surface area contributed by atoms with Crippen molar-refractivity contribution in [3.8, 4) is 11.3 Å². The Morgan fingerprint density at radius 1 is 1.29 bits per heavy atom. The van der Waals surface area contributed by atoms with Gasteiger partial charge in [0.05, 0.1) is 10.7 Å². The molecule has 2 heterocycles. The minimum Gasteiger partial charge on any atom is -0.447 e. The number of carbonyl (C=O) groups excluding carboxylic acids is 1. The monoisotopic (exact) mass is 451 g/mol. The molecule has 0 atom stereocenters. The molecule has 0 fully saturated rings. The van der Waals surface area contributed by atoms with E-state index in [1.54, 1.807) is 13.0 Å². The van der Waals surface area contributed by atoms with Crippen LogP contribution in [0, 0.1) is 6.92 Å². The van der Waals surface area contributed by atoms with Crippen LogP contribution in [0.4, 0.5) is 0 Å². The van der Waals surface area contributed by atoms with Crippen LogP contribution in [0.5, 0.6) is 0 Å². The second kappa shape index (κ2) is 7.14. The second-order valence-corrected chi connectivity index (χ2v) is 6.37. The molecular weight excluding hydrogens is 442 g/mol. The summed E-state index contributed by atoms with van der Waals surface area (Å²) in [6, 6.07) is 11.1. The van der Waals surface area contributed by atoms with E-state index in [9.17, 15) is 4.79 Å². The van der Waals surface area contributed by atoms with Crippen LogP contribution in [0.3, 0.4) is 0 Å². The van der Waals surface area contributed by atoms with Crippen LogP contribution in [-0.2, 0) is 0 Å². The lowest BCUT2D eigenvalue weighted by Crippen LogP contribution is -2.18. The summed E-state index contributed by atoms with van der Waals surface area (Å²) >= 11 is 6.53. The summed E-state index contributed by atoms with van der Waals surface area (Å²) in [5.41, 5.74) is 4.07. The Labute approximate surface area is 154 Å². The highest BCUT2D eigenvalue weighted by molar-refractivity contribution is 9.13. The first-order chi connectivity index (χ1) is 11.6. The zero-order valence-corrected chi connectivity index (χ0v) is 15.6. The highest BCUT2D eigenvalue weighted by Crippen LogP contribution is 2.26. The summed E-state index contributed by atoms with van der Waals surface area (Å²) in [5, 5.41) is 7.87. The predicted octanol–water partition coefficient (Wildman–Crippen LogP) is 4.53. The zero-order chi connectivity index (χ0) is 17.1. The number of hydrogen-bond donors (Lipinski definition) is 1. The molecule has 6 nitrogen and oxygen atoms in total. The van der Waals surface area contributed by atoms with E-state index < -0.39 is 5.91 Å². The van der Waals surface area contributed by atoms with Gasteiger partial charge in [0.1, 0.15) is 22.8 Å². The number of hydrogen-bond acceptors (Lipinski definition) is 5. The van der Waals surface area contributed by atoms with E-state index in [2.05, 4.69) is 47.5 Å². The standard InChI is InChI=1S/C16H11Br2N3O3/c1-9-13(14(21-24-9)10-5-3-2-4-6-10)16(22)20-19-8-11-7-12(17)15(18)23-11/h2-8H,1H3,(H,20,22)/b19-8+. The Morgan fingerprint density at radius 3 is 2.71 bits per heavy atom. The molecule has 0 aliphatic rings. The summed E-state index contributed by atoms with van der Waals surface area (Å²) < 4.78 is 11.8. The van der Waals surface area contributed by atoms with Gasteiger partial charge in [0, 0.05) is 11.6 Å². The van der Waals surface area contributed by atoms with Crippen molar-refractivity contribution in [2.24, 2.45) is 5.10 Å². The van der Waals surface area contributed by atoms with E-state index in [-0.39, 0.29) is 0 Å². The molecule has 0 aliphatic heterocycles. The molecule has 2 aromatic heterocycles. The molecule has 3 rings (SSSR count). The van der Waals surface area contributed by atoms with Crippen molar-refractivity contribution in [3.63, 3.8) is 0 Å². The van der Waals surface area contributed by atoms with Crippen LogP contribution in [0.1, 0.15) is 21.9 Å². The molecule has 0 bridgehead atoms. The number of aryl methyl sites for hydroxylation is 1. The first-order valence-electron chi connectivity index (χ1n) is 6.86. The third-order valence-corrected chi connectivity index (χ3v) is 4.87. The molecule has 0 aliphatic carbocycles. The molecule has 0 unspecified atom stereocenters. The summed E-state index contributed by atoms with van der Waals surface area (Å²) in [4.78, 5) is 12.4. The lowest BCUT2D eigenvalue weighted by atomic mass is 10.1. The number of hydrazone groups is 1. The van der Waals surface area contributed by atoms with Crippen molar-refractivity contribution >= 4 is 44.0 Å². The normalized spacial score (nSPS) is 11.1. The Morgan fingerprint density at radius 2 is 2.04 bits per heavy atom. The number of amides is 1. The fourth-order valence-electron chi connectivity index (χ4n) is 2.07. The van der Waals surface area contributed by atoms with Crippen molar-refractivity contribution in [2.45, 2.75) is 6.92 Å². The number of benzene rings is 1. The van der Waals surface area contributed by atoms with Gasteiger partial charge in [0.2, 0.25) is 0 Å². The highest BCUT2D eigenvalue weighted by Gasteiger charge is 2.21. The fraction of sp³-hybridized carbons (Fsp3) is 0.0625. The van der Waals surface area contributed by atoms with Gasteiger partial charge in [-0.05, 0) is 38.8 Å². The van der Waals surface area contributed by atoms with Crippen molar-refractivity contribution < 1.29 is 13.7 Å². The number of halogens is 2. The average molecular weight is 453 g/mol. The van der Waals surface area contributed by atoms with E-state index in [0.29, 0.717) is 27.4 Å². The highest BCUT2D eigenvalue weighted by atomic mass is 79.9. The molecule has 8 heteroatoms. The van der Waals surface area contributed by atoms with Crippen molar-refractivity contribution in [2.75, 3.05) is 0 Å². The fourth-order valence-corrected chi connectivity index (χ4v) is 2.68. The molecule has 1 amide bonds. The summed E-state index contributed by atoms with van der Waals surface area (Å²) in [5.74, 6) is 0.498. The molecule has 0 saturated carbocycles. The lowest BCUT2D eigenvalue weighted by molar-refractivity contribution is 0.0954. The Balaban J connectivity index is 1.79. The third kappa shape index (κ3) is 3.49. The van der Waals surface area contributed by atoms with Gasteiger partial charge in [-0.2, -0.15) is 5.10 Å². The second-order valence-electron chi connectivity index (χ2n) is 4.80. The summed E-state index contributed by atoms with van der Waals surface area (Å²) in [6.07, 6.45) is 1.40. The summed E-state index contributed by atoms with van der Waals surface area (Å²) in [7, 11) is 0. The van der Waals surface area contributed by atoms with Gasteiger partial charge in [-0.1, -0.05) is 35.5 Å². The maximum atomic E-state index is 12.4. The van der Waals surface area contributed by atoms with Gasteiger partial charge < -0.3 is 8.94 Å². The zero-order valence-electron chi connectivity index (χ0n) is 12.4. The minimum atomic E-state index is -0.409. The van der Waals surface area contributed by atoms with Gasteiger partial charge in [-0.15, -0.1) is 0 Å². The molecule has 24 heavy (non-hydrogen) atoms. The Kier molecular flexibility index (Phi) is 4.96. The summed E-state index contributed by atoms with van der Waals surface area (Å²) in [6.45, 7) is 1.68. The van der Waals surface area contributed by atoms with Crippen LogP contribution < -0.4 is 5.43 Å².